The number of amides is 1. The molecule has 7 heteroatoms. The third-order valence-corrected chi connectivity index (χ3v) is 3.86. The number of hydrogen-bond donors (Lipinski definition) is 2. The summed E-state index contributed by atoms with van der Waals surface area (Å²) in [5.41, 5.74) is 1.50. The highest BCUT2D eigenvalue weighted by molar-refractivity contribution is 7.80. The molecule has 2 aromatic rings. The van der Waals surface area contributed by atoms with E-state index in [0.29, 0.717) is 5.16 Å². The van der Waals surface area contributed by atoms with Gasteiger partial charge in [0.15, 0.2) is 0 Å². The van der Waals surface area contributed by atoms with Gasteiger partial charge in [0.25, 0.3) is 0 Å². The van der Waals surface area contributed by atoms with Crippen molar-refractivity contribution in [3.05, 3.63) is 24.3 Å². The van der Waals surface area contributed by atoms with E-state index >= 15 is 0 Å². The fourth-order valence-electron chi connectivity index (χ4n) is 2.28. The summed E-state index contributed by atoms with van der Waals surface area (Å²) >= 11 is 4.19. The van der Waals surface area contributed by atoms with Crippen LogP contribution in [0, 0.1) is 5.92 Å². The van der Waals surface area contributed by atoms with E-state index in [0.717, 1.165) is 37.1 Å². The van der Waals surface area contributed by atoms with E-state index in [1.807, 2.05) is 31.2 Å². The summed E-state index contributed by atoms with van der Waals surface area (Å²) < 4.78 is 1.51. The number of benzene rings is 1. The van der Waals surface area contributed by atoms with Crippen LogP contribution in [0.2, 0.25) is 0 Å². The Morgan fingerprint density at radius 3 is 2.86 bits per heavy atom. The molecule has 0 aliphatic heterocycles. The number of carbonyl (C=O) groups excluding carboxylic acids is 1. The number of anilines is 1. The average Bonchev–Trinajstić information content (AvgIpc) is 2.94. The van der Waals surface area contributed by atoms with E-state index in [1.165, 1.54) is 4.68 Å². The summed E-state index contributed by atoms with van der Waals surface area (Å²) in [6, 6.07) is 7.41. The van der Waals surface area contributed by atoms with Gasteiger partial charge in [-0.25, -0.2) is 0 Å². The molecule has 1 atom stereocenters. The van der Waals surface area contributed by atoms with Crippen LogP contribution in [0.25, 0.3) is 5.69 Å². The number of nitrogens with zero attached hydrogens (tertiary/aromatic N) is 4. The maximum absolute atomic E-state index is 12.3. The molecule has 0 spiro atoms. The van der Waals surface area contributed by atoms with Gasteiger partial charge in [-0.15, -0.1) is 17.7 Å². The number of aromatic nitrogens is 4. The molecule has 22 heavy (non-hydrogen) atoms. The van der Waals surface area contributed by atoms with Gasteiger partial charge < -0.3 is 5.32 Å². The minimum atomic E-state index is 0.0529. The average molecular weight is 319 g/mol. The number of unbranched alkanes of at least 4 members (excludes halogenated alkanes) is 1. The number of carbonyl (C=O) groups is 1. The largest absolute Gasteiger partial charge is 0.326 e. The van der Waals surface area contributed by atoms with Gasteiger partial charge in [0.2, 0.25) is 11.1 Å². The Hall–Kier alpha value is -1.89. The van der Waals surface area contributed by atoms with Crippen molar-refractivity contribution in [2.24, 2.45) is 5.92 Å². The Morgan fingerprint density at radius 1 is 1.41 bits per heavy atom. The Kier molecular flexibility index (Phi) is 5.94. The van der Waals surface area contributed by atoms with Gasteiger partial charge in [-0.1, -0.05) is 32.8 Å². The highest BCUT2D eigenvalue weighted by Crippen LogP contribution is 2.19. The first-order valence-corrected chi connectivity index (χ1v) is 7.99. The van der Waals surface area contributed by atoms with Crippen molar-refractivity contribution in [1.29, 1.82) is 0 Å². The minimum absolute atomic E-state index is 0.0529. The zero-order chi connectivity index (χ0) is 15.9. The molecule has 118 valence electrons. The Bertz CT molecular complexity index is 628. The first-order valence-electron chi connectivity index (χ1n) is 7.54. The molecule has 1 heterocycles. The first kappa shape index (κ1) is 16.5. The lowest BCUT2D eigenvalue weighted by atomic mass is 9.98. The van der Waals surface area contributed by atoms with Gasteiger partial charge in [0.1, 0.15) is 0 Å². The molecule has 0 aliphatic carbocycles. The zero-order valence-corrected chi connectivity index (χ0v) is 13.8. The van der Waals surface area contributed by atoms with Crippen molar-refractivity contribution in [3.63, 3.8) is 0 Å². The predicted octanol–water partition coefficient (Wildman–Crippen LogP) is 3.11. The lowest BCUT2D eigenvalue weighted by Crippen LogP contribution is -2.22. The van der Waals surface area contributed by atoms with Crippen molar-refractivity contribution in [2.45, 2.75) is 44.7 Å². The van der Waals surface area contributed by atoms with Crippen LogP contribution < -0.4 is 5.32 Å². The Labute approximate surface area is 135 Å². The van der Waals surface area contributed by atoms with Gasteiger partial charge in [-0.3, -0.25) is 4.79 Å². The molecule has 1 N–H and O–H groups in total. The normalized spacial score (nSPS) is 12.1. The van der Waals surface area contributed by atoms with Crippen LogP contribution in [0.4, 0.5) is 5.69 Å². The fraction of sp³-hybridized carbons (Fsp3) is 0.467. The zero-order valence-electron chi connectivity index (χ0n) is 12.9. The standard InChI is InChI=1S/C15H21N5OS/c1-3-5-7-11(4-2)14(21)16-12-8-6-9-13(10-12)20-15(22)17-18-19-20/h6,8-11H,3-5,7H2,1-2H3,(H,16,21)(H,17,19,22). The van der Waals surface area contributed by atoms with Crippen LogP contribution >= 0.6 is 12.6 Å². The number of tetrazole rings is 1. The minimum Gasteiger partial charge on any atom is -0.326 e. The molecular weight excluding hydrogens is 298 g/mol. The van der Waals surface area contributed by atoms with E-state index in [-0.39, 0.29) is 11.8 Å². The number of hydrogen-bond acceptors (Lipinski definition) is 5. The monoisotopic (exact) mass is 319 g/mol. The third kappa shape index (κ3) is 4.07. The molecule has 1 aromatic heterocycles. The SMILES string of the molecule is CCCCC(CC)C(=O)Nc1cccc(-n2nnnc2S)c1. The summed E-state index contributed by atoms with van der Waals surface area (Å²) in [5.74, 6) is 0.119. The molecule has 0 aliphatic rings. The second-order valence-electron chi connectivity index (χ2n) is 5.18. The van der Waals surface area contributed by atoms with Crippen molar-refractivity contribution in [1.82, 2.24) is 20.2 Å². The van der Waals surface area contributed by atoms with Crippen molar-refractivity contribution >= 4 is 24.2 Å². The third-order valence-electron chi connectivity index (χ3n) is 3.58. The van der Waals surface area contributed by atoms with Crippen LogP contribution in [0.15, 0.2) is 29.4 Å². The fourth-order valence-corrected chi connectivity index (χ4v) is 2.48. The van der Waals surface area contributed by atoms with Crippen LogP contribution in [0.5, 0.6) is 0 Å². The van der Waals surface area contributed by atoms with E-state index < -0.39 is 0 Å². The van der Waals surface area contributed by atoms with Crippen LogP contribution in [-0.2, 0) is 4.79 Å². The summed E-state index contributed by atoms with van der Waals surface area (Å²) in [6.45, 7) is 4.18. The number of rotatable bonds is 7. The van der Waals surface area contributed by atoms with E-state index in [9.17, 15) is 4.79 Å². The molecule has 1 amide bonds. The molecule has 6 nitrogen and oxygen atoms in total. The van der Waals surface area contributed by atoms with E-state index in [1.54, 1.807) is 0 Å². The summed E-state index contributed by atoms with van der Waals surface area (Å²) in [5, 5.41) is 14.5. The highest BCUT2D eigenvalue weighted by Gasteiger charge is 2.16. The van der Waals surface area contributed by atoms with Crippen LogP contribution in [-0.4, -0.2) is 26.1 Å². The van der Waals surface area contributed by atoms with Crippen molar-refractivity contribution in [2.75, 3.05) is 5.32 Å². The molecule has 0 saturated heterocycles. The number of nitrogens with one attached hydrogen (secondary N) is 1. The second-order valence-corrected chi connectivity index (χ2v) is 5.58. The van der Waals surface area contributed by atoms with Gasteiger partial charge in [0, 0.05) is 11.6 Å². The predicted molar refractivity (Wildman–Crippen MR) is 88.3 cm³/mol. The van der Waals surface area contributed by atoms with E-state index in [4.69, 9.17) is 0 Å². The Balaban J connectivity index is 2.10. The lowest BCUT2D eigenvalue weighted by molar-refractivity contribution is -0.120. The quantitative estimate of drug-likeness (QED) is 0.769. The van der Waals surface area contributed by atoms with Crippen LogP contribution in [0.3, 0.4) is 0 Å². The summed E-state index contributed by atoms with van der Waals surface area (Å²) in [6.07, 6.45) is 3.94. The molecule has 0 fully saturated rings. The second kappa shape index (κ2) is 7.93. The molecule has 1 unspecified atom stereocenters. The molecule has 0 saturated carbocycles. The van der Waals surface area contributed by atoms with Crippen molar-refractivity contribution in [3.8, 4) is 5.69 Å². The molecular formula is C15H21N5OS. The van der Waals surface area contributed by atoms with Crippen molar-refractivity contribution < 1.29 is 4.79 Å². The molecule has 2 rings (SSSR count). The maximum Gasteiger partial charge on any atom is 0.227 e. The maximum atomic E-state index is 12.3. The molecule has 1 aromatic carbocycles. The first-order chi connectivity index (χ1) is 10.7. The van der Waals surface area contributed by atoms with Gasteiger partial charge >= 0.3 is 0 Å². The molecule has 0 bridgehead atoms. The van der Waals surface area contributed by atoms with Gasteiger partial charge in [0.05, 0.1) is 5.69 Å². The summed E-state index contributed by atoms with van der Waals surface area (Å²) in [7, 11) is 0. The topological polar surface area (TPSA) is 72.7 Å². The highest BCUT2D eigenvalue weighted by atomic mass is 32.1. The number of thiol groups is 1. The van der Waals surface area contributed by atoms with Gasteiger partial charge in [-0.05, 0) is 41.5 Å². The Morgan fingerprint density at radius 2 is 2.23 bits per heavy atom. The smallest absolute Gasteiger partial charge is 0.227 e. The lowest BCUT2D eigenvalue weighted by Gasteiger charge is -2.15. The summed E-state index contributed by atoms with van der Waals surface area (Å²) in [4.78, 5) is 12.3. The van der Waals surface area contributed by atoms with Crippen LogP contribution in [0.1, 0.15) is 39.5 Å². The molecule has 0 radical (unpaired) electrons. The van der Waals surface area contributed by atoms with E-state index in [2.05, 4.69) is 40.4 Å². The van der Waals surface area contributed by atoms with Gasteiger partial charge in [-0.2, -0.15) is 4.68 Å².